The quantitative estimate of drug-likeness (QED) is 0.596. The largest absolute Gasteiger partial charge is 0.482 e. The Morgan fingerprint density at radius 2 is 1.70 bits per heavy atom. The number of carbonyl (C=O) groups excluding carboxylic acids is 2. The number of esters is 1. The first-order chi connectivity index (χ1) is 13.1. The number of ketones is 1. The van der Waals surface area contributed by atoms with Gasteiger partial charge in [0.15, 0.2) is 12.4 Å². The molecule has 0 bridgehead atoms. The van der Waals surface area contributed by atoms with E-state index in [1.165, 1.54) is 0 Å². The first-order valence-corrected chi connectivity index (χ1v) is 9.62. The molecule has 0 spiro atoms. The van der Waals surface area contributed by atoms with E-state index < -0.39 is 5.97 Å². The first-order valence-electron chi connectivity index (χ1n) is 9.62. The monoisotopic (exact) mass is 366 g/mol. The smallest absolute Gasteiger partial charge is 0.344 e. The molecule has 1 aliphatic rings. The number of hydrogen-bond acceptors (Lipinski definition) is 4. The maximum absolute atomic E-state index is 12.6. The molecule has 4 heteroatoms. The molecule has 27 heavy (non-hydrogen) atoms. The summed E-state index contributed by atoms with van der Waals surface area (Å²) in [5.41, 5.74) is 2.42. The van der Waals surface area contributed by atoms with Crippen molar-refractivity contribution in [1.29, 1.82) is 0 Å². The van der Waals surface area contributed by atoms with E-state index in [9.17, 15) is 9.59 Å². The van der Waals surface area contributed by atoms with Crippen LogP contribution >= 0.6 is 0 Å². The van der Waals surface area contributed by atoms with Gasteiger partial charge in [-0.05, 0) is 42.2 Å². The Bertz CT molecular complexity index is 804. The predicted octanol–water partition coefficient (Wildman–Crippen LogP) is 4.84. The molecule has 0 heterocycles. The van der Waals surface area contributed by atoms with Crippen LogP contribution in [0.3, 0.4) is 0 Å². The molecule has 0 saturated heterocycles. The molecule has 0 N–H and O–H groups in total. The SMILES string of the molecule is CCCC1(CCC)C(=O)c2ccc(OCC(=O)OCc3ccccc3)cc21. The van der Waals surface area contributed by atoms with Crippen molar-refractivity contribution in [2.24, 2.45) is 0 Å². The van der Waals surface area contributed by atoms with Crippen LogP contribution in [-0.2, 0) is 21.6 Å². The molecule has 0 saturated carbocycles. The van der Waals surface area contributed by atoms with Gasteiger partial charge in [-0.1, -0.05) is 57.0 Å². The van der Waals surface area contributed by atoms with Crippen molar-refractivity contribution in [3.8, 4) is 5.75 Å². The maximum atomic E-state index is 12.6. The lowest BCUT2D eigenvalue weighted by Crippen LogP contribution is -2.46. The molecule has 4 nitrogen and oxygen atoms in total. The summed E-state index contributed by atoms with van der Waals surface area (Å²) in [6.45, 7) is 4.30. The third-order valence-electron chi connectivity index (χ3n) is 5.14. The lowest BCUT2D eigenvalue weighted by molar-refractivity contribution is -0.147. The van der Waals surface area contributed by atoms with Gasteiger partial charge >= 0.3 is 5.97 Å². The number of ether oxygens (including phenoxy) is 2. The summed E-state index contributed by atoms with van der Waals surface area (Å²) in [5, 5.41) is 0. The average Bonchev–Trinajstić information content (AvgIpc) is 2.70. The zero-order chi connectivity index (χ0) is 19.3. The Morgan fingerprint density at radius 3 is 2.37 bits per heavy atom. The molecule has 1 aliphatic carbocycles. The number of carbonyl (C=O) groups is 2. The molecule has 0 fully saturated rings. The van der Waals surface area contributed by atoms with Crippen LogP contribution in [-0.4, -0.2) is 18.4 Å². The van der Waals surface area contributed by atoms with Crippen molar-refractivity contribution in [1.82, 2.24) is 0 Å². The Morgan fingerprint density at radius 1 is 1.00 bits per heavy atom. The maximum Gasteiger partial charge on any atom is 0.344 e. The van der Waals surface area contributed by atoms with E-state index >= 15 is 0 Å². The van der Waals surface area contributed by atoms with E-state index in [0.29, 0.717) is 5.75 Å². The molecule has 3 rings (SSSR count). The number of benzene rings is 2. The zero-order valence-electron chi connectivity index (χ0n) is 16.0. The van der Waals surface area contributed by atoms with E-state index in [4.69, 9.17) is 9.47 Å². The molecule has 0 aliphatic heterocycles. The van der Waals surface area contributed by atoms with Gasteiger partial charge in [-0.2, -0.15) is 0 Å². The predicted molar refractivity (Wildman–Crippen MR) is 104 cm³/mol. The number of Topliss-reactive ketones (excluding diaryl/α,β-unsaturated/α-hetero) is 1. The van der Waals surface area contributed by atoms with Gasteiger partial charge < -0.3 is 9.47 Å². The van der Waals surface area contributed by atoms with Gasteiger partial charge in [0.2, 0.25) is 0 Å². The minimum absolute atomic E-state index is 0.145. The molecular weight excluding hydrogens is 340 g/mol. The highest BCUT2D eigenvalue weighted by Gasteiger charge is 2.49. The third-order valence-corrected chi connectivity index (χ3v) is 5.14. The summed E-state index contributed by atoms with van der Waals surface area (Å²) in [4.78, 5) is 24.6. The van der Waals surface area contributed by atoms with Gasteiger partial charge in [0.25, 0.3) is 0 Å². The Balaban J connectivity index is 1.61. The fourth-order valence-corrected chi connectivity index (χ4v) is 3.92. The molecule has 0 unspecified atom stereocenters. The highest BCUT2D eigenvalue weighted by Crippen LogP contribution is 2.48. The Hall–Kier alpha value is -2.62. The van der Waals surface area contributed by atoms with Gasteiger partial charge in [-0.15, -0.1) is 0 Å². The van der Waals surface area contributed by atoms with Crippen molar-refractivity contribution in [2.45, 2.75) is 51.6 Å². The molecule has 2 aromatic rings. The van der Waals surface area contributed by atoms with Crippen molar-refractivity contribution in [3.05, 3.63) is 65.2 Å². The van der Waals surface area contributed by atoms with Crippen molar-refractivity contribution in [3.63, 3.8) is 0 Å². The van der Waals surface area contributed by atoms with Gasteiger partial charge in [-0.3, -0.25) is 4.79 Å². The number of fused-ring (bicyclic) bond motifs is 1. The van der Waals surface area contributed by atoms with E-state index in [1.807, 2.05) is 42.5 Å². The Labute approximate surface area is 160 Å². The normalized spacial score (nSPS) is 14.2. The van der Waals surface area contributed by atoms with Crippen molar-refractivity contribution in [2.75, 3.05) is 6.61 Å². The van der Waals surface area contributed by atoms with Crippen LogP contribution in [0, 0.1) is 0 Å². The standard InChI is InChI=1S/C23H26O4/c1-3-12-23(13-4-2)20-14-18(10-11-19(20)22(23)25)26-16-21(24)27-15-17-8-6-5-7-9-17/h5-11,14H,3-4,12-13,15-16H2,1-2H3. The average molecular weight is 366 g/mol. The second-order valence-electron chi connectivity index (χ2n) is 7.05. The van der Waals surface area contributed by atoms with Gasteiger partial charge in [0.1, 0.15) is 12.4 Å². The lowest BCUT2D eigenvalue weighted by Gasteiger charge is -2.42. The number of hydrogen-bond donors (Lipinski definition) is 0. The minimum Gasteiger partial charge on any atom is -0.482 e. The molecule has 142 valence electrons. The fourth-order valence-electron chi connectivity index (χ4n) is 3.92. The molecule has 2 aromatic carbocycles. The van der Waals surface area contributed by atoms with Crippen LogP contribution in [0.25, 0.3) is 0 Å². The second kappa shape index (κ2) is 8.38. The van der Waals surface area contributed by atoms with Crippen LogP contribution in [0.4, 0.5) is 0 Å². The summed E-state index contributed by atoms with van der Waals surface area (Å²) in [6.07, 6.45) is 3.63. The molecular formula is C23H26O4. The minimum atomic E-state index is -0.411. The highest BCUT2D eigenvalue weighted by atomic mass is 16.6. The summed E-state index contributed by atoms with van der Waals surface area (Å²) < 4.78 is 10.9. The van der Waals surface area contributed by atoms with Crippen LogP contribution in [0.5, 0.6) is 5.75 Å². The lowest BCUT2D eigenvalue weighted by atomic mass is 9.58. The topological polar surface area (TPSA) is 52.6 Å². The number of rotatable bonds is 9. The molecule has 0 aromatic heterocycles. The summed E-state index contributed by atoms with van der Waals surface area (Å²) in [7, 11) is 0. The van der Waals surface area contributed by atoms with Crippen LogP contribution in [0.15, 0.2) is 48.5 Å². The summed E-state index contributed by atoms with van der Waals surface area (Å²) >= 11 is 0. The Kier molecular flexibility index (Phi) is 5.94. The van der Waals surface area contributed by atoms with Crippen LogP contribution < -0.4 is 4.74 Å². The van der Waals surface area contributed by atoms with Gasteiger partial charge in [-0.25, -0.2) is 4.79 Å². The summed E-state index contributed by atoms with van der Waals surface area (Å²) in [6, 6.07) is 15.0. The zero-order valence-corrected chi connectivity index (χ0v) is 16.0. The molecule has 0 amide bonds. The molecule has 0 atom stereocenters. The van der Waals surface area contributed by atoms with E-state index in [2.05, 4.69) is 13.8 Å². The van der Waals surface area contributed by atoms with E-state index in [1.54, 1.807) is 6.07 Å². The van der Waals surface area contributed by atoms with Crippen molar-refractivity contribution < 1.29 is 19.1 Å². The molecule has 0 radical (unpaired) electrons. The van der Waals surface area contributed by atoms with Crippen molar-refractivity contribution >= 4 is 11.8 Å². The highest BCUT2D eigenvalue weighted by molar-refractivity contribution is 6.14. The van der Waals surface area contributed by atoms with Gasteiger partial charge in [0.05, 0.1) is 5.41 Å². The van der Waals surface area contributed by atoms with Gasteiger partial charge in [0, 0.05) is 5.56 Å². The van der Waals surface area contributed by atoms with E-state index in [0.717, 1.165) is 42.4 Å². The second-order valence-corrected chi connectivity index (χ2v) is 7.05. The third kappa shape index (κ3) is 3.90. The van der Waals surface area contributed by atoms with Crippen LogP contribution in [0.2, 0.25) is 0 Å². The fraction of sp³-hybridized carbons (Fsp3) is 0.391. The summed E-state index contributed by atoms with van der Waals surface area (Å²) in [5.74, 6) is 0.440. The first kappa shape index (κ1) is 19.2. The van der Waals surface area contributed by atoms with E-state index in [-0.39, 0.29) is 24.4 Å². The van der Waals surface area contributed by atoms with Crippen LogP contribution in [0.1, 0.15) is 61.0 Å².